The Kier molecular flexibility index (Phi) is 9.63. The van der Waals surface area contributed by atoms with Crippen molar-refractivity contribution < 1.29 is 34.4 Å². The zero-order valence-corrected chi connectivity index (χ0v) is 32.6. The number of hydrogen-bond donors (Lipinski definition) is 3. The van der Waals surface area contributed by atoms with Gasteiger partial charge in [0.2, 0.25) is 0 Å². The number of Topliss-reactive ketones (excluding diaryl/α,β-unsaturated/α-hetero) is 1. The van der Waals surface area contributed by atoms with Crippen molar-refractivity contribution in [1.82, 2.24) is 4.90 Å². The molecule has 1 aliphatic heterocycles. The van der Waals surface area contributed by atoms with Crippen LogP contribution < -0.4 is 0 Å². The summed E-state index contributed by atoms with van der Waals surface area (Å²) in [7, 11) is 0. The lowest BCUT2D eigenvalue weighted by Crippen LogP contribution is -2.66. The standard InChI is InChI=1S/C42H67NO7/c1-25(2)34-28(45)21-42(31(46)24-43-20-10-11-26(44)23-43)19-18-40(8)27(35(34)42)12-13-30-39(7)16-15-32(50-33(47)22-37(3,4)36(48)49)38(5,6)29(39)14-17-41(30,40)9/h25-27,29-32,44,46H,10-24H2,1-9H3,(H,48,49)/t26-,27-,29+,30-,31-,32+,39+,40-,41-,42+/m1/s1. The molecule has 0 radical (unpaired) electrons. The van der Waals surface area contributed by atoms with Gasteiger partial charge >= 0.3 is 11.9 Å². The first-order valence-electron chi connectivity index (χ1n) is 19.9. The molecule has 0 unspecified atom stereocenters. The van der Waals surface area contributed by atoms with Crippen LogP contribution in [0.5, 0.6) is 0 Å². The van der Waals surface area contributed by atoms with Crippen LogP contribution in [0.15, 0.2) is 11.1 Å². The lowest BCUT2D eigenvalue weighted by Gasteiger charge is -2.72. The number of esters is 1. The van der Waals surface area contributed by atoms with E-state index in [1.165, 1.54) is 5.57 Å². The maximum absolute atomic E-state index is 14.0. The third-order valence-corrected chi connectivity index (χ3v) is 16.4. The molecule has 10 atom stereocenters. The molecule has 5 aliphatic carbocycles. The third kappa shape index (κ3) is 5.66. The van der Waals surface area contributed by atoms with Gasteiger partial charge < -0.3 is 20.1 Å². The number of nitrogens with zero attached hydrogens (tertiary/aromatic N) is 1. The van der Waals surface area contributed by atoms with Gasteiger partial charge in [-0.25, -0.2) is 0 Å². The average Bonchev–Trinajstić information content (AvgIpc) is 3.32. The van der Waals surface area contributed by atoms with Crippen molar-refractivity contribution in [1.29, 1.82) is 0 Å². The number of carboxylic acid groups (broad SMARTS) is 1. The Hall–Kier alpha value is -1.77. The number of allylic oxidation sites excluding steroid dienone is 1. The van der Waals surface area contributed by atoms with Crippen LogP contribution in [-0.2, 0) is 19.1 Å². The Bertz CT molecular complexity index is 1420. The summed E-state index contributed by atoms with van der Waals surface area (Å²) in [5.41, 5.74) is 0.478. The molecule has 0 aromatic carbocycles. The van der Waals surface area contributed by atoms with E-state index in [4.69, 9.17) is 4.74 Å². The van der Waals surface area contributed by atoms with Gasteiger partial charge in [-0.3, -0.25) is 19.3 Å². The zero-order valence-electron chi connectivity index (χ0n) is 32.6. The Balaban J connectivity index is 1.29. The number of rotatable bonds is 8. The molecule has 50 heavy (non-hydrogen) atoms. The van der Waals surface area contributed by atoms with E-state index in [2.05, 4.69) is 53.4 Å². The number of aliphatic carboxylic acids is 1. The Labute approximate surface area is 301 Å². The molecule has 0 amide bonds. The van der Waals surface area contributed by atoms with E-state index in [1.54, 1.807) is 13.8 Å². The number of aliphatic hydroxyl groups is 2. The lowest BCUT2D eigenvalue weighted by molar-refractivity contribution is -0.235. The molecule has 0 aromatic heterocycles. The third-order valence-electron chi connectivity index (χ3n) is 16.4. The Morgan fingerprint density at radius 2 is 1.64 bits per heavy atom. The average molecular weight is 698 g/mol. The van der Waals surface area contributed by atoms with Gasteiger partial charge in [0.1, 0.15) is 6.10 Å². The number of ketones is 1. The molecule has 8 nitrogen and oxygen atoms in total. The van der Waals surface area contributed by atoms with Crippen molar-refractivity contribution in [2.75, 3.05) is 19.6 Å². The summed E-state index contributed by atoms with van der Waals surface area (Å²) in [6.45, 7) is 21.6. The fourth-order valence-corrected chi connectivity index (χ4v) is 13.5. The molecule has 282 valence electrons. The summed E-state index contributed by atoms with van der Waals surface area (Å²) in [5.74, 6) is 0.0590. The fourth-order valence-electron chi connectivity index (χ4n) is 13.5. The minimum absolute atomic E-state index is 0.00952. The number of likely N-dealkylation sites (tertiary alicyclic amines) is 1. The van der Waals surface area contributed by atoms with E-state index >= 15 is 0 Å². The Morgan fingerprint density at radius 3 is 2.28 bits per heavy atom. The van der Waals surface area contributed by atoms with E-state index < -0.39 is 28.9 Å². The first kappa shape index (κ1) is 38.0. The molecule has 3 N–H and O–H groups in total. The smallest absolute Gasteiger partial charge is 0.309 e. The van der Waals surface area contributed by atoms with E-state index in [9.17, 15) is 29.7 Å². The second-order valence-electron chi connectivity index (χ2n) is 20.1. The molecule has 0 bridgehead atoms. The molecule has 0 aromatic rings. The fraction of sp³-hybridized carbons (Fsp3) is 0.881. The number of β-amino-alcohol motifs (C(OH)–C–C–N with tert-alkyl or cyclic N) is 2. The van der Waals surface area contributed by atoms with Gasteiger partial charge in [0.25, 0.3) is 0 Å². The highest BCUT2D eigenvalue weighted by atomic mass is 16.5. The van der Waals surface area contributed by atoms with E-state index in [-0.39, 0.29) is 57.9 Å². The van der Waals surface area contributed by atoms with Crippen molar-refractivity contribution >= 4 is 17.7 Å². The largest absolute Gasteiger partial charge is 0.481 e. The number of hydrogen-bond acceptors (Lipinski definition) is 7. The summed E-state index contributed by atoms with van der Waals surface area (Å²) >= 11 is 0. The van der Waals surface area contributed by atoms with Gasteiger partial charge in [0.05, 0.1) is 24.0 Å². The monoisotopic (exact) mass is 697 g/mol. The van der Waals surface area contributed by atoms with Crippen LogP contribution in [-0.4, -0.2) is 75.9 Å². The molecular weight excluding hydrogens is 630 g/mol. The Morgan fingerprint density at radius 1 is 0.940 bits per heavy atom. The molecule has 1 heterocycles. The van der Waals surface area contributed by atoms with E-state index in [0.717, 1.165) is 76.3 Å². The summed E-state index contributed by atoms with van der Waals surface area (Å²) in [4.78, 5) is 41.0. The van der Waals surface area contributed by atoms with Crippen molar-refractivity contribution in [3.8, 4) is 0 Å². The maximum atomic E-state index is 14.0. The highest BCUT2D eigenvalue weighted by molar-refractivity contribution is 6.00. The number of carbonyl (C=O) groups excluding carboxylic acids is 2. The van der Waals surface area contributed by atoms with Gasteiger partial charge in [-0.2, -0.15) is 0 Å². The summed E-state index contributed by atoms with van der Waals surface area (Å²) < 4.78 is 6.16. The van der Waals surface area contributed by atoms with Crippen molar-refractivity contribution in [3.63, 3.8) is 0 Å². The van der Waals surface area contributed by atoms with Gasteiger partial charge in [-0.05, 0) is 130 Å². The van der Waals surface area contributed by atoms with Crippen LogP contribution in [0.1, 0.15) is 139 Å². The SMILES string of the molecule is CC(C)C1=C2[C@H]3CC[C@@H]4[C@@]5(C)CC[C@H](OC(=O)CC(C)(C)C(=O)O)C(C)(C)[C@@H]5CC[C@@]4(C)[C@]3(C)CC[C@@]2([C@H](O)CN2CCC[C@@H](O)C2)CC1=O. The molecule has 6 rings (SSSR count). The summed E-state index contributed by atoms with van der Waals surface area (Å²) in [6.07, 6.45) is 8.63. The number of carboxylic acids is 1. The molecule has 1 saturated heterocycles. The van der Waals surface area contributed by atoms with Crippen molar-refractivity contribution in [2.45, 2.75) is 158 Å². The molecule has 8 heteroatoms. The highest BCUT2D eigenvalue weighted by Gasteiger charge is 2.71. The summed E-state index contributed by atoms with van der Waals surface area (Å²) in [6, 6.07) is 0. The summed E-state index contributed by atoms with van der Waals surface area (Å²) in [5, 5.41) is 32.2. The van der Waals surface area contributed by atoms with Crippen LogP contribution in [0.3, 0.4) is 0 Å². The highest BCUT2D eigenvalue weighted by Crippen LogP contribution is 2.77. The van der Waals surface area contributed by atoms with Gasteiger partial charge in [-0.15, -0.1) is 0 Å². The second-order valence-corrected chi connectivity index (χ2v) is 20.1. The van der Waals surface area contributed by atoms with Gasteiger partial charge in [-0.1, -0.05) is 54.0 Å². The van der Waals surface area contributed by atoms with E-state index in [0.29, 0.717) is 31.3 Å². The molecular formula is C42H67NO7. The second kappa shape index (κ2) is 12.7. The topological polar surface area (TPSA) is 124 Å². The van der Waals surface area contributed by atoms with Gasteiger partial charge in [0.15, 0.2) is 5.78 Å². The number of ether oxygens (including phenoxy) is 1. The molecule has 6 aliphatic rings. The van der Waals surface area contributed by atoms with Crippen LogP contribution in [0, 0.1) is 56.2 Å². The van der Waals surface area contributed by atoms with Crippen LogP contribution in [0.25, 0.3) is 0 Å². The first-order valence-corrected chi connectivity index (χ1v) is 19.9. The maximum Gasteiger partial charge on any atom is 0.309 e. The van der Waals surface area contributed by atoms with Crippen LogP contribution >= 0.6 is 0 Å². The van der Waals surface area contributed by atoms with Crippen LogP contribution in [0.2, 0.25) is 0 Å². The lowest BCUT2D eigenvalue weighted by atomic mass is 9.33. The number of piperidine rings is 1. The quantitative estimate of drug-likeness (QED) is 0.228. The van der Waals surface area contributed by atoms with Crippen LogP contribution in [0.4, 0.5) is 0 Å². The zero-order chi connectivity index (χ0) is 36.8. The van der Waals surface area contributed by atoms with E-state index in [1.807, 2.05) is 0 Å². The molecule has 4 saturated carbocycles. The number of fused-ring (bicyclic) bond motifs is 7. The predicted octanol–water partition coefficient (Wildman–Crippen LogP) is 7.20. The van der Waals surface area contributed by atoms with Crippen molar-refractivity contribution in [2.24, 2.45) is 56.2 Å². The van der Waals surface area contributed by atoms with Gasteiger partial charge in [0, 0.05) is 30.3 Å². The first-order chi connectivity index (χ1) is 23.1. The normalized spacial score (nSPS) is 42.3. The van der Waals surface area contributed by atoms with Crippen molar-refractivity contribution in [3.05, 3.63) is 11.1 Å². The molecule has 5 fully saturated rings. The molecule has 0 spiro atoms. The number of aliphatic hydroxyl groups excluding tert-OH is 2. The minimum atomic E-state index is -1.16. The predicted molar refractivity (Wildman–Crippen MR) is 193 cm³/mol. The number of carbonyl (C=O) groups is 3. The minimum Gasteiger partial charge on any atom is -0.481 e.